The second-order valence-electron chi connectivity index (χ2n) is 4.59. The molecule has 4 nitrogen and oxygen atoms in total. The molecule has 0 unspecified atom stereocenters. The van der Waals surface area contributed by atoms with Gasteiger partial charge in [-0.15, -0.1) is 0 Å². The number of rotatable bonds is 2. The van der Waals surface area contributed by atoms with Gasteiger partial charge in [0.05, 0.1) is 10.6 Å². The molecule has 0 saturated carbocycles. The molecule has 0 saturated heterocycles. The molecule has 0 bridgehead atoms. The van der Waals surface area contributed by atoms with Gasteiger partial charge in [0, 0.05) is 34.8 Å². The van der Waals surface area contributed by atoms with Crippen molar-refractivity contribution in [2.45, 2.75) is 6.42 Å². The van der Waals surface area contributed by atoms with Gasteiger partial charge in [0.15, 0.2) is 0 Å². The van der Waals surface area contributed by atoms with Crippen molar-refractivity contribution in [2.75, 3.05) is 6.54 Å². The summed E-state index contributed by atoms with van der Waals surface area (Å²) in [5, 5.41) is 11.4. The highest BCUT2D eigenvalue weighted by Crippen LogP contribution is 2.24. The molecule has 0 atom stereocenters. The molecule has 0 spiro atoms. The minimum atomic E-state index is -0.405. The molecular formula is C15H11ClN2O2. The third-order valence-corrected chi connectivity index (χ3v) is 3.56. The number of non-ortho nitro benzene ring substituents is 1. The van der Waals surface area contributed by atoms with E-state index in [0.717, 1.165) is 29.8 Å². The Hall–Kier alpha value is -2.20. The first-order valence-corrected chi connectivity index (χ1v) is 6.61. The van der Waals surface area contributed by atoms with Crippen molar-refractivity contribution in [2.24, 2.45) is 4.99 Å². The highest BCUT2D eigenvalue weighted by atomic mass is 35.5. The Morgan fingerprint density at radius 2 is 1.90 bits per heavy atom. The van der Waals surface area contributed by atoms with Crippen LogP contribution in [0.1, 0.15) is 16.7 Å². The summed E-state index contributed by atoms with van der Waals surface area (Å²) < 4.78 is 0. The Labute approximate surface area is 120 Å². The van der Waals surface area contributed by atoms with Gasteiger partial charge < -0.3 is 0 Å². The maximum atomic E-state index is 10.7. The molecule has 0 radical (unpaired) electrons. The third kappa shape index (κ3) is 2.30. The fourth-order valence-corrected chi connectivity index (χ4v) is 2.52. The molecule has 2 aromatic rings. The fourth-order valence-electron chi connectivity index (χ4n) is 2.35. The van der Waals surface area contributed by atoms with Gasteiger partial charge in [-0.05, 0) is 36.2 Å². The molecule has 0 amide bonds. The van der Waals surface area contributed by atoms with Gasteiger partial charge in [0.25, 0.3) is 5.69 Å². The van der Waals surface area contributed by atoms with Crippen LogP contribution in [0.3, 0.4) is 0 Å². The number of nitro groups is 1. The van der Waals surface area contributed by atoms with Gasteiger partial charge in [-0.3, -0.25) is 15.1 Å². The normalized spacial score (nSPS) is 13.6. The first-order chi connectivity index (χ1) is 9.65. The number of benzene rings is 2. The zero-order chi connectivity index (χ0) is 14.1. The quantitative estimate of drug-likeness (QED) is 0.625. The largest absolute Gasteiger partial charge is 0.284 e. The van der Waals surface area contributed by atoms with Crippen LogP contribution in [0, 0.1) is 10.1 Å². The minimum Gasteiger partial charge on any atom is -0.284 e. The van der Waals surface area contributed by atoms with E-state index in [9.17, 15) is 10.1 Å². The van der Waals surface area contributed by atoms with Crippen molar-refractivity contribution in [3.05, 3.63) is 74.3 Å². The lowest BCUT2D eigenvalue weighted by Crippen LogP contribution is -2.14. The molecule has 0 aromatic heterocycles. The average Bonchev–Trinajstić information content (AvgIpc) is 2.46. The molecule has 100 valence electrons. The summed E-state index contributed by atoms with van der Waals surface area (Å²) in [7, 11) is 0. The number of aliphatic imine (C=N–C) groups is 1. The molecule has 1 aliphatic rings. The molecule has 1 heterocycles. The molecular weight excluding hydrogens is 276 g/mol. The minimum absolute atomic E-state index is 0.0801. The molecule has 3 rings (SSSR count). The van der Waals surface area contributed by atoms with Crippen LogP contribution in [0.25, 0.3) is 0 Å². The van der Waals surface area contributed by atoms with Crippen molar-refractivity contribution < 1.29 is 4.92 Å². The molecule has 2 aromatic carbocycles. The van der Waals surface area contributed by atoms with Crippen molar-refractivity contribution in [1.29, 1.82) is 0 Å². The zero-order valence-corrected chi connectivity index (χ0v) is 11.3. The van der Waals surface area contributed by atoms with Crippen LogP contribution in [0.4, 0.5) is 5.69 Å². The van der Waals surface area contributed by atoms with E-state index >= 15 is 0 Å². The first-order valence-electron chi connectivity index (χ1n) is 6.23. The highest BCUT2D eigenvalue weighted by Gasteiger charge is 2.17. The molecule has 0 fully saturated rings. The summed E-state index contributed by atoms with van der Waals surface area (Å²) >= 11 is 6.05. The average molecular weight is 287 g/mol. The smallest absolute Gasteiger partial charge is 0.269 e. The maximum Gasteiger partial charge on any atom is 0.269 e. The number of fused-ring (bicyclic) bond motifs is 1. The van der Waals surface area contributed by atoms with Gasteiger partial charge in [-0.1, -0.05) is 17.7 Å². The molecule has 5 heteroatoms. The van der Waals surface area contributed by atoms with E-state index in [4.69, 9.17) is 11.6 Å². The Balaban J connectivity index is 2.05. The summed E-state index contributed by atoms with van der Waals surface area (Å²) in [6.07, 6.45) is 0.892. The van der Waals surface area contributed by atoms with Crippen LogP contribution in [-0.2, 0) is 6.42 Å². The summed E-state index contributed by atoms with van der Waals surface area (Å²) in [5.41, 5.74) is 4.02. The molecule has 0 aliphatic carbocycles. The fraction of sp³-hybridized carbons (Fsp3) is 0.133. The maximum absolute atomic E-state index is 10.7. The number of hydrogen-bond donors (Lipinski definition) is 0. The summed E-state index contributed by atoms with van der Waals surface area (Å²) in [6, 6.07) is 12.2. The molecule has 1 aliphatic heterocycles. The van der Waals surface area contributed by atoms with Gasteiger partial charge in [0.1, 0.15) is 0 Å². The molecule has 20 heavy (non-hydrogen) atoms. The molecule has 0 N–H and O–H groups in total. The van der Waals surface area contributed by atoms with Crippen molar-refractivity contribution in [3.8, 4) is 0 Å². The lowest BCUT2D eigenvalue weighted by atomic mass is 9.93. The van der Waals surface area contributed by atoms with E-state index in [1.807, 2.05) is 18.2 Å². The Morgan fingerprint density at radius 3 is 2.60 bits per heavy atom. The second-order valence-corrected chi connectivity index (χ2v) is 5.02. The standard InChI is InChI=1S/C15H11ClN2O2/c16-12-4-1-10-7-8-17-15(14(10)9-12)11-2-5-13(6-3-11)18(19)20/h1-6,9H,7-8H2. The van der Waals surface area contributed by atoms with E-state index < -0.39 is 4.92 Å². The van der Waals surface area contributed by atoms with Crippen molar-refractivity contribution >= 4 is 23.0 Å². The van der Waals surface area contributed by atoms with Gasteiger partial charge in [0.2, 0.25) is 0 Å². The van der Waals surface area contributed by atoms with Crippen molar-refractivity contribution in [1.82, 2.24) is 0 Å². The van der Waals surface area contributed by atoms with Crippen molar-refractivity contribution in [3.63, 3.8) is 0 Å². The number of nitro benzene ring substituents is 1. The predicted molar refractivity (Wildman–Crippen MR) is 78.8 cm³/mol. The predicted octanol–water partition coefficient (Wildman–Crippen LogP) is 3.64. The summed E-state index contributed by atoms with van der Waals surface area (Å²) in [5.74, 6) is 0. The monoisotopic (exact) mass is 286 g/mol. The second kappa shape index (κ2) is 5.06. The van der Waals surface area contributed by atoms with Crippen LogP contribution in [0.2, 0.25) is 5.02 Å². The Bertz CT molecular complexity index is 708. The van der Waals surface area contributed by atoms with Gasteiger partial charge >= 0.3 is 0 Å². The zero-order valence-electron chi connectivity index (χ0n) is 10.5. The van der Waals surface area contributed by atoms with Crippen LogP contribution < -0.4 is 0 Å². The Kier molecular flexibility index (Phi) is 3.24. The van der Waals surface area contributed by atoms with E-state index in [2.05, 4.69) is 4.99 Å². The van der Waals surface area contributed by atoms with Crippen LogP contribution >= 0.6 is 11.6 Å². The summed E-state index contributed by atoms with van der Waals surface area (Å²) in [4.78, 5) is 14.8. The Morgan fingerprint density at radius 1 is 1.15 bits per heavy atom. The SMILES string of the molecule is O=[N+]([O-])c1ccc(C2=NCCc3ccc(Cl)cc32)cc1. The van der Waals surface area contributed by atoms with E-state index in [1.54, 1.807) is 12.1 Å². The van der Waals surface area contributed by atoms with Gasteiger partial charge in [-0.25, -0.2) is 0 Å². The third-order valence-electron chi connectivity index (χ3n) is 3.33. The van der Waals surface area contributed by atoms with Crippen LogP contribution in [0.15, 0.2) is 47.5 Å². The lowest BCUT2D eigenvalue weighted by molar-refractivity contribution is -0.384. The van der Waals surface area contributed by atoms with E-state index in [1.165, 1.54) is 17.7 Å². The van der Waals surface area contributed by atoms with E-state index in [-0.39, 0.29) is 5.69 Å². The van der Waals surface area contributed by atoms with Crippen LogP contribution in [-0.4, -0.2) is 17.2 Å². The topological polar surface area (TPSA) is 55.5 Å². The number of halogens is 1. The number of hydrogen-bond acceptors (Lipinski definition) is 3. The van der Waals surface area contributed by atoms with Crippen LogP contribution in [0.5, 0.6) is 0 Å². The summed E-state index contributed by atoms with van der Waals surface area (Å²) in [6.45, 7) is 0.723. The highest BCUT2D eigenvalue weighted by molar-refractivity contribution is 6.31. The first kappa shape index (κ1) is 12.8. The van der Waals surface area contributed by atoms with E-state index in [0.29, 0.717) is 5.02 Å². The number of nitrogens with zero attached hydrogens (tertiary/aromatic N) is 2. The lowest BCUT2D eigenvalue weighted by Gasteiger charge is -2.17. The van der Waals surface area contributed by atoms with Gasteiger partial charge in [-0.2, -0.15) is 0 Å².